The average molecular weight is 876 g/mol. The summed E-state index contributed by atoms with van der Waals surface area (Å²) in [6, 6.07) is 76.0. The maximum absolute atomic E-state index is 2.53. The predicted molar refractivity (Wildman–Crippen MR) is 294 cm³/mol. The van der Waals surface area contributed by atoms with Gasteiger partial charge in [-0.3, -0.25) is 0 Å². The summed E-state index contributed by atoms with van der Waals surface area (Å²) in [5, 5.41) is 12.6. The molecule has 0 aromatic heterocycles. The van der Waals surface area contributed by atoms with Crippen LogP contribution in [0.1, 0.15) is 74.6 Å². The minimum Gasteiger partial charge on any atom is -0.309 e. The molecular weight excluding hydrogens is 819 g/mol. The fraction of sp³-hybridized carbons (Fsp3) is 0.164. The maximum atomic E-state index is 2.53. The second-order valence-electron chi connectivity index (χ2n) is 19.3. The van der Waals surface area contributed by atoms with Gasteiger partial charge in [0.15, 0.2) is 0 Å². The molecule has 0 radical (unpaired) electrons. The summed E-state index contributed by atoms with van der Waals surface area (Å²) in [5.41, 5.74) is 17.2. The number of benzene rings is 11. The first-order chi connectivity index (χ1) is 33.5. The molecule has 0 aliphatic heterocycles. The molecular formula is C67H57N. The van der Waals surface area contributed by atoms with Crippen molar-refractivity contribution in [3.63, 3.8) is 0 Å². The van der Waals surface area contributed by atoms with Crippen LogP contribution in [0.4, 0.5) is 17.1 Å². The fourth-order valence-corrected chi connectivity index (χ4v) is 12.4. The lowest BCUT2D eigenvalue weighted by Crippen LogP contribution is -2.26. The van der Waals surface area contributed by atoms with Gasteiger partial charge < -0.3 is 4.90 Å². The first-order valence-electron chi connectivity index (χ1n) is 25.0. The van der Waals surface area contributed by atoms with E-state index in [2.05, 4.69) is 233 Å². The number of anilines is 3. The van der Waals surface area contributed by atoms with Gasteiger partial charge in [0.1, 0.15) is 0 Å². The topological polar surface area (TPSA) is 3.24 Å². The van der Waals surface area contributed by atoms with Crippen LogP contribution in [0, 0.1) is 13.8 Å². The van der Waals surface area contributed by atoms with Crippen LogP contribution in [-0.4, -0.2) is 0 Å². The van der Waals surface area contributed by atoms with Gasteiger partial charge in [0, 0.05) is 21.6 Å². The highest BCUT2D eigenvalue weighted by Gasteiger charge is 2.44. The number of unbranched alkanes of at least 4 members (excludes halogenated alkanes) is 2. The second-order valence-corrected chi connectivity index (χ2v) is 19.3. The van der Waals surface area contributed by atoms with E-state index < -0.39 is 0 Å². The van der Waals surface area contributed by atoms with E-state index in [0.29, 0.717) is 0 Å². The number of fused-ring (bicyclic) bond motifs is 8. The third-order valence-electron chi connectivity index (χ3n) is 15.5. The molecule has 68 heavy (non-hydrogen) atoms. The summed E-state index contributed by atoms with van der Waals surface area (Å²) >= 11 is 0. The first kappa shape index (κ1) is 41.9. The molecule has 0 N–H and O–H groups in total. The van der Waals surface area contributed by atoms with Crippen LogP contribution >= 0.6 is 0 Å². The molecule has 0 atom stereocenters. The molecule has 1 heteroatoms. The van der Waals surface area contributed by atoms with E-state index in [1.54, 1.807) is 0 Å². The number of hydrogen-bond acceptors (Lipinski definition) is 1. The van der Waals surface area contributed by atoms with E-state index in [4.69, 9.17) is 0 Å². The molecule has 330 valence electrons. The molecule has 11 aromatic carbocycles. The Balaban J connectivity index is 1.14. The summed E-state index contributed by atoms with van der Waals surface area (Å²) in [6.07, 6.45) is 7.08. The molecule has 0 saturated heterocycles. The highest BCUT2D eigenvalue weighted by molar-refractivity contribution is 6.25. The van der Waals surface area contributed by atoms with Crippen molar-refractivity contribution in [2.75, 3.05) is 4.90 Å². The lowest BCUT2D eigenvalue weighted by molar-refractivity contribution is 0.415. The molecule has 0 saturated carbocycles. The van der Waals surface area contributed by atoms with E-state index in [1.807, 2.05) is 0 Å². The van der Waals surface area contributed by atoms with Gasteiger partial charge in [-0.05, 0) is 138 Å². The third kappa shape index (κ3) is 6.43. The van der Waals surface area contributed by atoms with Gasteiger partial charge in [0.2, 0.25) is 0 Å². The molecule has 0 heterocycles. The van der Waals surface area contributed by atoms with Crippen molar-refractivity contribution in [3.8, 4) is 33.4 Å². The Morgan fingerprint density at radius 1 is 0.324 bits per heavy atom. The van der Waals surface area contributed by atoms with E-state index >= 15 is 0 Å². The Morgan fingerprint density at radius 3 is 1.22 bits per heavy atom. The zero-order valence-corrected chi connectivity index (χ0v) is 39.7. The highest BCUT2D eigenvalue weighted by atomic mass is 15.1. The van der Waals surface area contributed by atoms with Gasteiger partial charge in [-0.25, -0.2) is 0 Å². The van der Waals surface area contributed by atoms with Crippen LogP contribution < -0.4 is 4.90 Å². The number of nitrogens with zero attached hydrogens (tertiary/aromatic N) is 1. The van der Waals surface area contributed by atoms with Crippen molar-refractivity contribution in [1.29, 1.82) is 0 Å². The molecule has 0 spiro atoms. The van der Waals surface area contributed by atoms with Crippen LogP contribution in [0.2, 0.25) is 0 Å². The largest absolute Gasteiger partial charge is 0.309 e. The fourth-order valence-electron chi connectivity index (χ4n) is 12.4. The van der Waals surface area contributed by atoms with Crippen molar-refractivity contribution in [3.05, 3.63) is 222 Å². The monoisotopic (exact) mass is 875 g/mol. The summed E-state index contributed by atoms with van der Waals surface area (Å²) in [5.74, 6) is 0. The first-order valence-corrected chi connectivity index (χ1v) is 25.0. The summed E-state index contributed by atoms with van der Waals surface area (Å²) < 4.78 is 0. The second kappa shape index (κ2) is 17.0. The minimum absolute atomic E-state index is 0.0428. The molecule has 0 unspecified atom stereocenters. The Hall–Kier alpha value is -7.48. The number of hydrogen-bond donors (Lipinski definition) is 0. The van der Waals surface area contributed by atoms with Crippen LogP contribution in [0.5, 0.6) is 0 Å². The number of aryl methyl sites for hydroxylation is 2. The molecule has 1 aliphatic carbocycles. The summed E-state index contributed by atoms with van der Waals surface area (Å²) in [7, 11) is 0. The van der Waals surface area contributed by atoms with Crippen molar-refractivity contribution in [1.82, 2.24) is 0 Å². The Kier molecular flexibility index (Phi) is 10.5. The zero-order valence-electron chi connectivity index (χ0n) is 39.7. The lowest BCUT2D eigenvalue weighted by Gasteiger charge is -2.34. The molecule has 0 bridgehead atoms. The van der Waals surface area contributed by atoms with Crippen molar-refractivity contribution >= 4 is 70.9 Å². The summed E-state index contributed by atoms with van der Waals surface area (Å²) in [4.78, 5) is 2.53. The van der Waals surface area contributed by atoms with Crippen LogP contribution in [-0.2, 0) is 5.41 Å². The Labute approximate surface area is 401 Å². The van der Waals surface area contributed by atoms with Crippen LogP contribution in [0.3, 0.4) is 0 Å². The Bertz CT molecular complexity index is 3610. The zero-order chi connectivity index (χ0) is 45.9. The molecule has 0 fully saturated rings. The molecule has 11 aromatic rings. The molecule has 12 rings (SSSR count). The minimum atomic E-state index is -0.0428. The van der Waals surface area contributed by atoms with Gasteiger partial charge in [0.25, 0.3) is 0 Å². The van der Waals surface area contributed by atoms with Gasteiger partial charge in [0.05, 0.1) is 17.1 Å². The quantitative estimate of drug-likeness (QED) is 0.117. The van der Waals surface area contributed by atoms with Gasteiger partial charge in [-0.1, -0.05) is 222 Å². The van der Waals surface area contributed by atoms with Crippen molar-refractivity contribution in [2.45, 2.75) is 71.6 Å². The van der Waals surface area contributed by atoms with E-state index in [0.717, 1.165) is 18.5 Å². The van der Waals surface area contributed by atoms with E-state index in [9.17, 15) is 0 Å². The van der Waals surface area contributed by atoms with Crippen LogP contribution in [0.25, 0.3) is 87.2 Å². The van der Waals surface area contributed by atoms with Crippen molar-refractivity contribution < 1.29 is 0 Å². The average Bonchev–Trinajstić information content (AvgIpc) is 3.67. The van der Waals surface area contributed by atoms with E-state index in [1.165, 1.54) is 147 Å². The SMILES string of the molecule is CCCCC1(CCCC)c2ccccc2-c2cccc(-c3c4ccccc4c(-c4ccc(N(c5ccc(C)c6ccccc56)c5ccc(C)c6ccccc56)c5ccccc45)c4ccccc34)c21. The third-order valence-corrected chi connectivity index (χ3v) is 15.5. The molecule has 1 nitrogen and oxygen atoms in total. The maximum Gasteiger partial charge on any atom is 0.0540 e. The van der Waals surface area contributed by atoms with E-state index in [-0.39, 0.29) is 5.41 Å². The van der Waals surface area contributed by atoms with Gasteiger partial charge in [-0.2, -0.15) is 0 Å². The predicted octanol–water partition coefficient (Wildman–Crippen LogP) is 19.5. The van der Waals surface area contributed by atoms with Gasteiger partial charge >= 0.3 is 0 Å². The highest BCUT2D eigenvalue weighted by Crippen LogP contribution is 2.59. The Morgan fingerprint density at radius 2 is 0.706 bits per heavy atom. The molecule has 0 amide bonds. The smallest absolute Gasteiger partial charge is 0.0540 e. The summed E-state index contributed by atoms with van der Waals surface area (Å²) in [6.45, 7) is 9.15. The standard InChI is InChI=1S/C67H57N/c1-5-7-42-67(43-8-6-2)60-35-20-19-25-49(60)58-33-21-34-59(66(58)67)65-55-31-17-15-29-53(55)64(54-30-16-18-32-56(54)65)57-38-41-63(52-28-14-11-24-48(52)57)68(61-39-36-44(3)46-22-9-12-26-50(46)61)62-40-37-45(4)47-23-10-13-27-51(47)62/h9-41H,5-8,42-43H2,1-4H3. The lowest BCUT2D eigenvalue weighted by atomic mass is 9.68. The number of rotatable bonds is 11. The normalized spacial score (nSPS) is 12.9. The van der Waals surface area contributed by atoms with Gasteiger partial charge in [-0.15, -0.1) is 0 Å². The van der Waals surface area contributed by atoms with Crippen LogP contribution in [0.15, 0.2) is 200 Å². The van der Waals surface area contributed by atoms with Crippen molar-refractivity contribution in [2.24, 2.45) is 0 Å². The molecule has 1 aliphatic rings.